The summed E-state index contributed by atoms with van der Waals surface area (Å²) in [5, 5.41) is 48.3. The van der Waals surface area contributed by atoms with Crippen molar-refractivity contribution in [3.05, 3.63) is 335 Å². The monoisotopic (exact) mass is 1850 g/mol. The normalized spacial score (nSPS) is 12.6. The second-order valence-corrected chi connectivity index (χ2v) is 32.9. The number of likely N-dealkylation sites (tertiary alicyclic amines) is 1. The fourth-order valence-corrected chi connectivity index (χ4v) is 15.4. The molecule has 129 heavy (non-hydrogen) atoms. The third-order valence-corrected chi connectivity index (χ3v) is 22.4. The van der Waals surface area contributed by atoms with E-state index < -0.39 is 0 Å². The molecule has 0 saturated carbocycles. The Morgan fingerprint density at radius 2 is 0.899 bits per heavy atom. The minimum atomic E-state index is -0.135. The van der Waals surface area contributed by atoms with Gasteiger partial charge in [-0.05, 0) is 264 Å². The Kier molecular flexibility index (Phi) is 40.0. The SMILES string of the molecule is COCc1cc(/C(N)=N/O)ccc1-c1ccc(Cl)cc1.COCc1cc(C(=O)N(C)C)cc(-c2ccc(Cl)cc2)c1.COCc1cc(Cl)ccc1-c1ccc(-c2nn[nH]n2)cc1.COCc1cc(Cl)ccc1-c1ccc(C#N)cc1.COCc1cc(N2CCCCC2=O)ccc1-c1ccc(Cl)cc1.COCc1cc(OCCN2CCC(O)CC2)ccc1-c1ccc(Cl)cc1. The van der Waals surface area contributed by atoms with E-state index in [-0.39, 0.29) is 23.8 Å². The van der Waals surface area contributed by atoms with Crippen molar-refractivity contribution in [3.8, 4) is 90.0 Å². The van der Waals surface area contributed by atoms with Gasteiger partial charge >= 0.3 is 0 Å². The van der Waals surface area contributed by atoms with Crippen molar-refractivity contribution in [2.75, 3.05) is 94.4 Å². The first-order chi connectivity index (χ1) is 62.5. The summed E-state index contributed by atoms with van der Waals surface area (Å²) in [6.07, 6.45) is 4.26. The van der Waals surface area contributed by atoms with Gasteiger partial charge in [0, 0.05) is 142 Å². The van der Waals surface area contributed by atoms with Crippen LogP contribution >= 0.6 is 69.6 Å². The summed E-state index contributed by atoms with van der Waals surface area (Å²) in [7, 11) is 13.5. The predicted molar refractivity (Wildman–Crippen MR) is 517 cm³/mol. The lowest BCUT2D eigenvalue weighted by Crippen LogP contribution is -2.38. The molecule has 0 atom stereocenters. The van der Waals surface area contributed by atoms with Gasteiger partial charge in [0.15, 0.2) is 5.84 Å². The van der Waals surface area contributed by atoms with Gasteiger partial charge in [0.05, 0.1) is 57.4 Å². The van der Waals surface area contributed by atoms with Crippen molar-refractivity contribution in [1.82, 2.24) is 30.4 Å². The maximum Gasteiger partial charge on any atom is 0.253 e. The van der Waals surface area contributed by atoms with E-state index in [1.165, 1.54) is 0 Å². The number of nitrogens with one attached hydrogen (secondary N) is 1. The van der Waals surface area contributed by atoms with Crippen LogP contribution in [-0.2, 0) is 72.9 Å². The number of carbonyl (C=O) groups is 2. The third-order valence-electron chi connectivity index (χ3n) is 20.9. The van der Waals surface area contributed by atoms with E-state index in [1.807, 2.05) is 223 Å². The van der Waals surface area contributed by atoms with Gasteiger partial charge in [-0.25, -0.2) is 0 Å². The number of benzene rings is 12. The van der Waals surface area contributed by atoms with Gasteiger partial charge in [-0.2, -0.15) is 10.5 Å². The van der Waals surface area contributed by atoms with E-state index >= 15 is 0 Å². The zero-order chi connectivity index (χ0) is 92.1. The van der Waals surface area contributed by atoms with Gasteiger partial charge in [0.25, 0.3) is 5.91 Å². The number of aromatic amines is 1. The fraction of sp³-hybridized carbons (Fsp3) is 0.245. The lowest BCUT2D eigenvalue weighted by molar-refractivity contribution is -0.119. The first kappa shape index (κ1) is 99.8. The average molecular weight is 1860 g/mol. The Balaban J connectivity index is 0.000000162. The molecular weight excluding hydrogens is 1750 g/mol. The molecule has 27 heteroatoms. The van der Waals surface area contributed by atoms with E-state index in [1.54, 1.807) is 79.9 Å². The van der Waals surface area contributed by atoms with Crippen molar-refractivity contribution in [1.29, 1.82) is 5.26 Å². The summed E-state index contributed by atoms with van der Waals surface area (Å²) < 4.78 is 37.5. The van der Waals surface area contributed by atoms with E-state index in [9.17, 15) is 14.7 Å². The summed E-state index contributed by atoms with van der Waals surface area (Å²) in [5.41, 5.74) is 28.4. The van der Waals surface area contributed by atoms with Crippen molar-refractivity contribution in [2.45, 2.75) is 77.8 Å². The van der Waals surface area contributed by atoms with Gasteiger partial charge in [-0.1, -0.05) is 196 Å². The van der Waals surface area contributed by atoms with Gasteiger partial charge in [-0.3, -0.25) is 14.5 Å². The molecule has 2 aliphatic rings. The molecule has 0 spiro atoms. The largest absolute Gasteiger partial charge is 0.492 e. The number of amidine groups is 1. The topological polar surface area (TPSA) is 266 Å². The van der Waals surface area contributed by atoms with E-state index in [0.29, 0.717) is 95.3 Å². The molecule has 2 amide bonds. The Morgan fingerprint density at radius 3 is 1.35 bits per heavy atom. The van der Waals surface area contributed by atoms with E-state index in [4.69, 9.17) is 119 Å². The number of aliphatic hydroxyl groups excluding tert-OH is 1. The molecule has 670 valence electrons. The fourth-order valence-electron chi connectivity index (χ4n) is 14.5. The van der Waals surface area contributed by atoms with Crippen molar-refractivity contribution in [2.24, 2.45) is 10.9 Å². The van der Waals surface area contributed by atoms with Crippen LogP contribution in [0.25, 0.3) is 78.1 Å². The van der Waals surface area contributed by atoms with Crippen LogP contribution in [0.5, 0.6) is 5.75 Å². The smallest absolute Gasteiger partial charge is 0.253 e. The molecule has 2 saturated heterocycles. The number of H-pyrrole nitrogens is 1. The Bertz CT molecular complexity index is 5810. The minimum absolute atomic E-state index is 0.0248. The molecule has 2 aliphatic heterocycles. The van der Waals surface area contributed by atoms with Gasteiger partial charge in [0.1, 0.15) is 12.4 Å². The standard InChI is InChI=1S/C21H26ClNO3.C19H20ClNO2.C17H18ClNO2.C15H13ClN4O.C15H15ClN2O2.C15H12ClNO/c1-25-15-17-14-20(26-13-12-23-10-8-19(24)9-11-23)6-7-21(17)16-2-4-18(22)5-3-16;1-23-13-15-12-17(21-11-3-2-4-19(21)22)9-10-18(15)14-5-7-16(20)8-6-14;1-19(2)17(20)15-9-12(11-21-3)8-14(10-15)13-4-6-16(18)7-5-13;1-21-9-12-8-13(16)6-7-14(12)10-2-4-11(5-3-10)15-17-19-20-18-15;1-20-9-12-8-11(15(17)18-19)4-7-14(12)10-2-5-13(16)6-3-10;1-18-10-13-8-14(16)6-7-15(13)12-4-2-11(9-17)3-5-12/h2-7,14,19,24H,8-13,15H2,1H3;5-10,12H,2-4,11,13H2,1H3;4-10H,11H2,1-3H3;2-8H,9H2,1H3,(H,17,18,19,20);2-8,19H,9H2,1H3,(H2,17,18);2-8H,10H2,1H3. The van der Waals surface area contributed by atoms with Gasteiger partial charge in [0.2, 0.25) is 11.7 Å². The quantitative estimate of drug-likeness (QED) is 0.0170. The summed E-state index contributed by atoms with van der Waals surface area (Å²) in [6, 6.07) is 83.5. The van der Waals surface area contributed by atoms with Crippen LogP contribution < -0.4 is 15.4 Å². The average Bonchev–Trinajstić information content (AvgIpc) is 1.12. The van der Waals surface area contributed by atoms with Crippen LogP contribution in [0.15, 0.2) is 260 Å². The molecule has 15 rings (SSSR count). The second-order valence-electron chi connectivity index (χ2n) is 30.3. The highest BCUT2D eigenvalue weighted by Gasteiger charge is 2.23. The first-order valence-electron chi connectivity index (χ1n) is 41.5. The molecule has 3 heterocycles. The summed E-state index contributed by atoms with van der Waals surface area (Å²) >= 11 is 35.8. The zero-order valence-corrected chi connectivity index (χ0v) is 77.7. The van der Waals surface area contributed by atoms with Crippen molar-refractivity contribution in [3.63, 3.8) is 0 Å². The highest BCUT2D eigenvalue weighted by Crippen LogP contribution is 2.36. The Labute approximate surface area is 784 Å². The number of methoxy groups -OCH3 is 6. The van der Waals surface area contributed by atoms with Crippen molar-refractivity contribution >= 4 is 92.9 Å². The molecule has 5 N–H and O–H groups in total. The number of hydrogen-bond donors (Lipinski definition) is 4. The summed E-state index contributed by atoms with van der Waals surface area (Å²) in [4.78, 5) is 30.1. The number of oxime groups is 1. The Morgan fingerprint density at radius 1 is 0.481 bits per heavy atom. The van der Waals surface area contributed by atoms with Crippen LogP contribution in [0.2, 0.25) is 30.1 Å². The molecule has 2 fully saturated rings. The van der Waals surface area contributed by atoms with Crippen LogP contribution in [0.3, 0.4) is 0 Å². The number of halogens is 6. The van der Waals surface area contributed by atoms with Gasteiger partial charge in [-0.15, -0.1) is 10.2 Å². The number of piperidine rings is 2. The first-order valence-corrected chi connectivity index (χ1v) is 43.7. The molecule has 0 unspecified atom stereocenters. The highest BCUT2D eigenvalue weighted by molar-refractivity contribution is 6.32. The number of aliphatic hydroxyl groups is 1. The molecular formula is C102H104Cl6N10O11. The molecule has 1 aromatic heterocycles. The number of anilines is 1. The highest BCUT2D eigenvalue weighted by atomic mass is 35.5. The molecule has 0 bridgehead atoms. The molecule has 12 aromatic carbocycles. The second kappa shape index (κ2) is 51.7. The number of amides is 2. The van der Waals surface area contributed by atoms with Crippen LogP contribution in [-0.4, -0.2) is 154 Å². The van der Waals surface area contributed by atoms with E-state index in [0.717, 1.165) is 179 Å². The molecule has 0 aliphatic carbocycles. The number of ether oxygens (including phenoxy) is 7. The maximum absolute atomic E-state index is 12.2. The van der Waals surface area contributed by atoms with E-state index in [2.05, 4.69) is 54.9 Å². The molecule has 13 aromatic rings. The third kappa shape index (κ3) is 30.1. The number of nitrogens with two attached hydrogens (primary N) is 1. The number of carbonyl (C=O) groups excluding carboxylic acids is 2. The molecule has 21 nitrogen and oxygen atoms in total. The summed E-state index contributed by atoms with van der Waals surface area (Å²) in [6.45, 7) is 7.16. The van der Waals surface area contributed by atoms with Gasteiger partial charge < -0.3 is 59.0 Å². The predicted octanol–water partition coefficient (Wildman–Crippen LogP) is 23.1. The van der Waals surface area contributed by atoms with Crippen LogP contribution in [0, 0.1) is 11.3 Å². The number of aromatic nitrogens is 4. The number of nitrogens with zero attached hydrogens (tertiary/aromatic N) is 8. The maximum atomic E-state index is 12.2. The van der Waals surface area contributed by atoms with Crippen molar-refractivity contribution < 1.29 is 53.1 Å². The number of tetrazole rings is 1. The number of hydrogen-bond acceptors (Lipinski definition) is 17. The minimum Gasteiger partial charge on any atom is -0.492 e. The van der Waals surface area contributed by atoms with Crippen LogP contribution in [0.1, 0.15) is 87.0 Å². The number of rotatable bonds is 26. The zero-order valence-electron chi connectivity index (χ0n) is 73.1. The Hall–Kier alpha value is -11.4. The lowest BCUT2D eigenvalue weighted by atomic mass is 9.97. The lowest BCUT2D eigenvalue weighted by Gasteiger charge is -2.29. The van der Waals surface area contributed by atoms with Crippen LogP contribution in [0.4, 0.5) is 5.69 Å². The number of nitriles is 1. The molecule has 0 radical (unpaired) electrons. The summed E-state index contributed by atoms with van der Waals surface area (Å²) in [5.74, 6) is 1.69.